The molecule has 0 aliphatic heterocycles. The molecule has 2 amide bonds. The van der Waals surface area contributed by atoms with E-state index in [9.17, 15) is 9.59 Å². The second-order valence-electron chi connectivity index (χ2n) is 3.41. The zero-order valence-electron chi connectivity index (χ0n) is 9.51. The van der Waals surface area contributed by atoms with Gasteiger partial charge in [0.1, 0.15) is 5.82 Å². The number of anilines is 2. The Morgan fingerprint density at radius 2 is 2.00 bits per heavy atom. The van der Waals surface area contributed by atoms with Gasteiger partial charge in [0.25, 0.3) is 0 Å². The third kappa shape index (κ3) is 3.11. The number of nitrogens with one attached hydrogen (secondary N) is 2. The van der Waals surface area contributed by atoms with E-state index < -0.39 is 11.8 Å². The van der Waals surface area contributed by atoms with Crippen LogP contribution >= 0.6 is 11.3 Å². The van der Waals surface area contributed by atoms with Crippen molar-refractivity contribution in [2.24, 2.45) is 0 Å². The van der Waals surface area contributed by atoms with Crippen LogP contribution in [0.2, 0.25) is 0 Å². The van der Waals surface area contributed by atoms with Crippen molar-refractivity contribution in [3.63, 3.8) is 0 Å². The highest BCUT2D eigenvalue weighted by molar-refractivity contribution is 7.13. The van der Waals surface area contributed by atoms with E-state index in [4.69, 9.17) is 0 Å². The third-order valence-electron chi connectivity index (χ3n) is 1.99. The largest absolute Gasteiger partial charge is 0.315 e. The number of carbonyl (C=O) groups is 2. The van der Waals surface area contributed by atoms with Crippen LogP contribution in [-0.2, 0) is 9.59 Å². The molecule has 0 fully saturated rings. The minimum Gasteiger partial charge on any atom is -0.302 e. The van der Waals surface area contributed by atoms with Gasteiger partial charge in [-0.3, -0.25) is 14.9 Å². The van der Waals surface area contributed by atoms with Gasteiger partial charge >= 0.3 is 11.8 Å². The molecule has 2 rings (SSSR count). The fourth-order valence-corrected chi connectivity index (χ4v) is 1.75. The molecule has 7 heteroatoms. The Morgan fingerprint density at radius 1 is 1.22 bits per heavy atom. The molecule has 0 aliphatic rings. The maximum Gasteiger partial charge on any atom is 0.315 e. The van der Waals surface area contributed by atoms with Gasteiger partial charge in [0, 0.05) is 17.3 Å². The van der Waals surface area contributed by atoms with Crippen molar-refractivity contribution in [3.05, 3.63) is 35.5 Å². The van der Waals surface area contributed by atoms with Gasteiger partial charge < -0.3 is 5.32 Å². The first-order valence-corrected chi connectivity index (χ1v) is 5.98. The minimum atomic E-state index is -0.775. The highest BCUT2D eigenvalue weighted by Gasteiger charge is 2.15. The summed E-state index contributed by atoms with van der Waals surface area (Å²) in [5, 5.41) is 6.88. The average molecular weight is 262 g/mol. The summed E-state index contributed by atoms with van der Waals surface area (Å²) in [6, 6.07) is 5.16. The SMILES string of the molecule is Cc1cccc(NC(=O)C(=O)Nc2nccs2)n1. The van der Waals surface area contributed by atoms with Crippen LogP contribution in [0.1, 0.15) is 5.69 Å². The summed E-state index contributed by atoms with van der Waals surface area (Å²) < 4.78 is 0. The lowest BCUT2D eigenvalue weighted by molar-refractivity contribution is -0.133. The van der Waals surface area contributed by atoms with Gasteiger partial charge in [-0.15, -0.1) is 11.3 Å². The Morgan fingerprint density at radius 3 is 2.67 bits per heavy atom. The quantitative estimate of drug-likeness (QED) is 0.802. The topological polar surface area (TPSA) is 84.0 Å². The molecule has 0 bridgehead atoms. The molecule has 6 nitrogen and oxygen atoms in total. The predicted octanol–water partition coefficient (Wildman–Crippen LogP) is 1.42. The Kier molecular flexibility index (Phi) is 3.63. The zero-order chi connectivity index (χ0) is 13.0. The maximum atomic E-state index is 11.6. The number of aromatic nitrogens is 2. The van der Waals surface area contributed by atoms with E-state index in [1.165, 1.54) is 11.3 Å². The second kappa shape index (κ2) is 5.37. The van der Waals surface area contributed by atoms with Gasteiger partial charge in [0.2, 0.25) is 0 Å². The van der Waals surface area contributed by atoms with Crippen LogP contribution in [0.3, 0.4) is 0 Å². The number of carbonyl (C=O) groups excluding carboxylic acids is 2. The van der Waals surface area contributed by atoms with Crippen LogP contribution in [0.5, 0.6) is 0 Å². The second-order valence-corrected chi connectivity index (χ2v) is 4.30. The van der Waals surface area contributed by atoms with Gasteiger partial charge in [0.15, 0.2) is 5.13 Å². The van der Waals surface area contributed by atoms with Crippen molar-refractivity contribution in [1.29, 1.82) is 0 Å². The van der Waals surface area contributed by atoms with Crippen molar-refractivity contribution in [2.45, 2.75) is 6.92 Å². The molecule has 2 heterocycles. The van der Waals surface area contributed by atoms with Gasteiger partial charge in [-0.1, -0.05) is 6.07 Å². The summed E-state index contributed by atoms with van der Waals surface area (Å²) in [6.45, 7) is 1.80. The highest BCUT2D eigenvalue weighted by atomic mass is 32.1. The number of aryl methyl sites for hydroxylation is 1. The van der Waals surface area contributed by atoms with E-state index in [1.807, 2.05) is 0 Å². The lowest BCUT2D eigenvalue weighted by Gasteiger charge is -2.04. The van der Waals surface area contributed by atoms with E-state index in [1.54, 1.807) is 36.7 Å². The van der Waals surface area contributed by atoms with Crippen molar-refractivity contribution < 1.29 is 9.59 Å². The lowest BCUT2D eigenvalue weighted by Crippen LogP contribution is -2.29. The number of pyridine rings is 1. The van der Waals surface area contributed by atoms with Crippen LogP contribution in [0.25, 0.3) is 0 Å². The molecule has 0 aromatic carbocycles. The fourth-order valence-electron chi connectivity index (χ4n) is 1.22. The van der Waals surface area contributed by atoms with Crippen molar-refractivity contribution in [3.8, 4) is 0 Å². The molecule has 92 valence electrons. The van der Waals surface area contributed by atoms with Crippen LogP contribution in [-0.4, -0.2) is 21.8 Å². The van der Waals surface area contributed by atoms with E-state index in [2.05, 4.69) is 20.6 Å². The van der Waals surface area contributed by atoms with Gasteiger partial charge in [-0.2, -0.15) is 0 Å². The lowest BCUT2D eigenvalue weighted by atomic mass is 10.3. The first-order valence-electron chi connectivity index (χ1n) is 5.10. The summed E-state index contributed by atoms with van der Waals surface area (Å²) in [7, 11) is 0. The average Bonchev–Trinajstić information content (AvgIpc) is 2.81. The van der Waals surface area contributed by atoms with Crippen molar-refractivity contribution in [1.82, 2.24) is 9.97 Å². The Bertz CT molecular complexity index is 568. The molecular formula is C11H10N4O2S. The Hall–Kier alpha value is -2.28. The maximum absolute atomic E-state index is 11.6. The van der Waals surface area contributed by atoms with Crippen LogP contribution in [0, 0.1) is 6.92 Å². The highest BCUT2D eigenvalue weighted by Crippen LogP contribution is 2.10. The van der Waals surface area contributed by atoms with Gasteiger partial charge in [-0.25, -0.2) is 9.97 Å². The first-order chi connectivity index (χ1) is 8.65. The van der Waals surface area contributed by atoms with E-state index in [-0.39, 0.29) is 0 Å². The molecule has 2 aromatic heterocycles. The number of amides is 2. The Balaban J connectivity index is 1.97. The molecule has 0 atom stereocenters. The number of rotatable bonds is 2. The van der Waals surface area contributed by atoms with E-state index in [0.717, 1.165) is 5.69 Å². The summed E-state index contributed by atoms with van der Waals surface area (Å²) in [5.74, 6) is -1.20. The van der Waals surface area contributed by atoms with Crippen LogP contribution in [0.4, 0.5) is 10.9 Å². The summed E-state index contributed by atoms with van der Waals surface area (Å²) in [6.07, 6.45) is 1.54. The standard InChI is InChI=1S/C11H10N4O2S/c1-7-3-2-4-8(13-7)14-9(16)10(17)15-11-12-5-6-18-11/h2-6H,1H3,(H,12,15,17)(H,13,14,16). The monoisotopic (exact) mass is 262 g/mol. The van der Waals surface area contributed by atoms with E-state index in [0.29, 0.717) is 10.9 Å². The summed E-state index contributed by atoms with van der Waals surface area (Å²) in [5.41, 5.74) is 0.758. The fraction of sp³-hybridized carbons (Fsp3) is 0.0909. The molecule has 2 aromatic rings. The van der Waals surface area contributed by atoms with Crippen molar-refractivity contribution >= 4 is 34.1 Å². The summed E-state index contributed by atoms with van der Waals surface area (Å²) >= 11 is 1.24. The zero-order valence-corrected chi connectivity index (χ0v) is 10.3. The minimum absolute atomic E-state index is 0.342. The third-order valence-corrected chi connectivity index (χ3v) is 2.68. The smallest absolute Gasteiger partial charge is 0.302 e. The Labute approximate surface area is 107 Å². The molecule has 2 N–H and O–H groups in total. The molecule has 18 heavy (non-hydrogen) atoms. The van der Waals surface area contributed by atoms with Gasteiger partial charge in [0.05, 0.1) is 0 Å². The first kappa shape index (κ1) is 12.2. The molecule has 0 radical (unpaired) electrons. The predicted molar refractivity (Wildman–Crippen MR) is 68.3 cm³/mol. The number of hydrogen-bond donors (Lipinski definition) is 2. The molecule has 0 saturated carbocycles. The molecular weight excluding hydrogens is 252 g/mol. The van der Waals surface area contributed by atoms with E-state index >= 15 is 0 Å². The number of nitrogens with zero attached hydrogens (tertiary/aromatic N) is 2. The van der Waals surface area contributed by atoms with Crippen molar-refractivity contribution in [2.75, 3.05) is 10.6 Å². The van der Waals surface area contributed by atoms with Crippen LogP contribution in [0.15, 0.2) is 29.8 Å². The normalized spacial score (nSPS) is 9.83. The van der Waals surface area contributed by atoms with Gasteiger partial charge in [-0.05, 0) is 19.1 Å². The molecule has 0 spiro atoms. The molecule has 0 unspecified atom stereocenters. The molecule has 0 saturated heterocycles. The number of hydrogen-bond acceptors (Lipinski definition) is 5. The number of thiazole rings is 1. The van der Waals surface area contributed by atoms with Crippen LogP contribution < -0.4 is 10.6 Å². The molecule has 0 aliphatic carbocycles. The summed E-state index contributed by atoms with van der Waals surface area (Å²) in [4.78, 5) is 31.0.